The zero-order valence-corrected chi connectivity index (χ0v) is 12.1. The van der Waals surface area contributed by atoms with E-state index in [1.54, 1.807) is 11.3 Å². The minimum atomic E-state index is 0.418. The lowest BCUT2D eigenvalue weighted by atomic mass is 9.81. The normalized spacial score (nSPS) is 34.5. The van der Waals surface area contributed by atoms with Gasteiger partial charge in [0.25, 0.3) is 0 Å². The third kappa shape index (κ3) is 2.22. The largest absolute Gasteiger partial charge is 0.328 e. The molecule has 3 atom stereocenters. The fourth-order valence-corrected chi connectivity index (χ4v) is 4.64. The molecule has 0 radical (unpaired) electrons. The average Bonchev–Trinajstić information content (AvgIpc) is 2.74. The molecule has 1 aromatic rings. The van der Waals surface area contributed by atoms with E-state index < -0.39 is 0 Å². The molecule has 2 N–H and O–H groups in total. The van der Waals surface area contributed by atoms with Crippen LogP contribution in [0.25, 0.3) is 0 Å². The first kappa shape index (κ1) is 12.6. The Bertz CT molecular complexity index is 403. The first-order chi connectivity index (χ1) is 8.65. The highest BCUT2D eigenvalue weighted by atomic mass is 32.1. The lowest BCUT2D eigenvalue weighted by molar-refractivity contribution is -0.000596. The zero-order valence-electron chi connectivity index (χ0n) is 11.3. The second-order valence-corrected chi connectivity index (χ2v) is 6.81. The summed E-state index contributed by atoms with van der Waals surface area (Å²) in [5.41, 5.74) is 7.34. The molecule has 3 heterocycles. The van der Waals surface area contributed by atoms with Gasteiger partial charge in [0.1, 0.15) is 5.01 Å². The first-order valence-electron chi connectivity index (χ1n) is 7.10. The van der Waals surface area contributed by atoms with Gasteiger partial charge in [-0.2, -0.15) is 0 Å². The van der Waals surface area contributed by atoms with Crippen LogP contribution in [0, 0.1) is 6.92 Å². The quantitative estimate of drug-likeness (QED) is 0.894. The predicted molar refractivity (Wildman–Crippen MR) is 75.7 cm³/mol. The van der Waals surface area contributed by atoms with Crippen LogP contribution < -0.4 is 5.73 Å². The van der Waals surface area contributed by atoms with E-state index in [2.05, 4.69) is 29.1 Å². The third-order valence-electron chi connectivity index (χ3n) is 4.51. The van der Waals surface area contributed by atoms with E-state index in [0.29, 0.717) is 24.2 Å². The van der Waals surface area contributed by atoms with E-state index in [1.807, 2.05) is 0 Å². The number of aromatic nitrogens is 1. The molecule has 3 unspecified atom stereocenters. The number of rotatable bonds is 2. The Kier molecular flexibility index (Phi) is 3.43. The van der Waals surface area contributed by atoms with E-state index in [-0.39, 0.29) is 0 Å². The molecule has 0 saturated carbocycles. The zero-order chi connectivity index (χ0) is 12.7. The Morgan fingerprint density at radius 1 is 1.39 bits per heavy atom. The molecular weight excluding hydrogens is 242 g/mol. The van der Waals surface area contributed by atoms with E-state index >= 15 is 0 Å². The Morgan fingerprint density at radius 2 is 2.06 bits per heavy atom. The van der Waals surface area contributed by atoms with Crippen molar-refractivity contribution in [1.82, 2.24) is 9.88 Å². The van der Waals surface area contributed by atoms with Crippen molar-refractivity contribution in [3.63, 3.8) is 0 Å². The number of fused-ring (bicyclic) bond motifs is 2. The molecule has 2 saturated heterocycles. The number of nitrogens with zero attached hydrogens (tertiary/aromatic N) is 2. The molecule has 0 aliphatic carbocycles. The van der Waals surface area contributed by atoms with Gasteiger partial charge in [-0.25, -0.2) is 4.98 Å². The molecule has 1 aromatic heterocycles. The lowest BCUT2D eigenvalue weighted by Crippen LogP contribution is -2.55. The fourth-order valence-electron chi connectivity index (χ4n) is 3.78. The van der Waals surface area contributed by atoms with Crippen molar-refractivity contribution >= 4 is 11.3 Å². The maximum Gasteiger partial charge on any atom is 0.110 e. The fraction of sp³-hybridized carbons (Fsp3) is 0.786. The molecule has 3 rings (SSSR count). The first-order valence-corrected chi connectivity index (χ1v) is 7.98. The van der Waals surface area contributed by atoms with Gasteiger partial charge in [0, 0.05) is 29.2 Å². The van der Waals surface area contributed by atoms with Crippen LogP contribution in [0.1, 0.15) is 55.8 Å². The van der Waals surface area contributed by atoms with Crippen LogP contribution in [0.2, 0.25) is 0 Å². The molecule has 18 heavy (non-hydrogen) atoms. The van der Waals surface area contributed by atoms with Gasteiger partial charge in [0.2, 0.25) is 0 Å². The summed E-state index contributed by atoms with van der Waals surface area (Å²) in [7, 11) is 0. The van der Waals surface area contributed by atoms with Gasteiger partial charge in [-0.05, 0) is 39.5 Å². The number of hydrogen-bond acceptors (Lipinski definition) is 4. The van der Waals surface area contributed by atoms with Gasteiger partial charge in [0.05, 0.1) is 6.04 Å². The van der Waals surface area contributed by atoms with Gasteiger partial charge in [-0.15, -0.1) is 11.3 Å². The third-order valence-corrected chi connectivity index (χ3v) is 5.64. The molecule has 2 bridgehead atoms. The summed E-state index contributed by atoms with van der Waals surface area (Å²) in [4.78, 5) is 7.39. The number of piperidine rings is 2. The van der Waals surface area contributed by atoms with Crippen molar-refractivity contribution in [3.05, 3.63) is 16.1 Å². The smallest absolute Gasteiger partial charge is 0.110 e. The number of nitrogens with two attached hydrogens (primary N) is 1. The molecule has 2 aliphatic heterocycles. The van der Waals surface area contributed by atoms with E-state index in [1.165, 1.54) is 37.1 Å². The van der Waals surface area contributed by atoms with E-state index in [0.717, 1.165) is 5.69 Å². The second kappa shape index (κ2) is 4.91. The van der Waals surface area contributed by atoms with Gasteiger partial charge in [-0.1, -0.05) is 6.42 Å². The monoisotopic (exact) mass is 265 g/mol. The molecule has 0 aromatic carbocycles. The van der Waals surface area contributed by atoms with Crippen molar-refractivity contribution in [3.8, 4) is 0 Å². The standard InChI is InChI=1S/C14H23N3S/c1-9-8-18-14(16-9)10(2)17-12-4-3-5-13(17)7-11(15)6-12/h8,10-13H,3-7,15H2,1-2H3. The number of thiazole rings is 1. The molecular formula is C14H23N3S. The average molecular weight is 265 g/mol. The summed E-state index contributed by atoms with van der Waals surface area (Å²) in [5, 5.41) is 3.44. The van der Waals surface area contributed by atoms with Crippen LogP contribution in [0.5, 0.6) is 0 Å². The van der Waals surface area contributed by atoms with Gasteiger partial charge in [0.15, 0.2) is 0 Å². The lowest BCUT2D eigenvalue weighted by Gasteiger charge is -2.50. The molecule has 3 nitrogen and oxygen atoms in total. The van der Waals surface area contributed by atoms with Crippen molar-refractivity contribution in [2.24, 2.45) is 5.73 Å². The van der Waals surface area contributed by atoms with Crippen LogP contribution in [0.3, 0.4) is 0 Å². The van der Waals surface area contributed by atoms with Gasteiger partial charge in [-0.3, -0.25) is 4.90 Å². The molecule has 4 heteroatoms. The molecule has 0 spiro atoms. The van der Waals surface area contributed by atoms with Crippen LogP contribution in [0.4, 0.5) is 0 Å². The maximum atomic E-state index is 6.19. The minimum Gasteiger partial charge on any atom is -0.328 e. The Balaban J connectivity index is 1.82. The highest BCUT2D eigenvalue weighted by Crippen LogP contribution is 2.39. The SMILES string of the molecule is Cc1csc(C(C)N2C3CCCC2CC(N)C3)n1. The topological polar surface area (TPSA) is 42.1 Å². The summed E-state index contributed by atoms with van der Waals surface area (Å²) in [6.45, 7) is 4.40. The molecule has 2 fully saturated rings. The van der Waals surface area contributed by atoms with Crippen molar-refractivity contribution < 1.29 is 0 Å². The Labute approximate surface area is 113 Å². The summed E-state index contributed by atoms with van der Waals surface area (Å²) >= 11 is 1.81. The van der Waals surface area contributed by atoms with E-state index in [4.69, 9.17) is 5.73 Å². The summed E-state index contributed by atoms with van der Waals surface area (Å²) in [5.74, 6) is 0. The highest BCUT2D eigenvalue weighted by Gasteiger charge is 2.40. The molecule has 100 valence electrons. The van der Waals surface area contributed by atoms with Gasteiger partial charge >= 0.3 is 0 Å². The second-order valence-electron chi connectivity index (χ2n) is 5.92. The number of hydrogen-bond donors (Lipinski definition) is 1. The minimum absolute atomic E-state index is 0.418. The summed E-state index contributed by atoms with van der Waals surface area (Å²) < 4.78 is 0. The summed E-state index contributed by atoms with van der Waals surface area (Å²) in [6, 6.07) is 2.26. The van der Waals surface area contributed by atoms with Crippen LogP contribution in [-0.2, 0) is 0 Å². The van der Waals surface area contributed by atoms with Crippen LogP contribution in [-0.4, -0.2) is 28.0 Å². The predicted octanol–water partition coefficient (Wildman–Crippen LogP) is 2.86. The van der Waals surface area contributed by atoms with Crippen LogP contribution >= 0.6 is 11.3 Å². The Hall–Kier alpha value is -0.450. The van der Waals surface area contributed by atoms with Crippen LogP contribution in [0.15, 0.2) is 5.38 Å². The van der Waals surface area contributed by atoms with Gasteiger partial charge < -0.3 is 5.73 Å². The number of aryl methyl sites for hydroxylation is 1. The Morgan fingerprint density at radius 3 is 2.61 bits per heavy atom. The summed E-state index contributed by atoms with van der Waals surface area (Å²) in [6.07, 6.45) is 6.36. The van der Waals surface area contributed by atoms with Crippen molar-refractivity contribution in [2.75, 3.05) is 0 Å². The molecule has 0 amide bonds. The van der Waals surface area contributed by atoms with Crippen molar-refractivity contribution in [2.45, 2.75) is 70.1 Å². The molecule has 2 aliphatic rings. The van der Waals surface area contributed by atoms with Crippen molar-refractivity contribution in [1.29, 1.82) is 0 Å². The maximum absolute atomic E-state index is 6.19. The highest BCUT2D eigenvalue weighted by molar-refractivity contribution is 7.09. The van der Waals surface area contributed by atoms with E-state index in [9.17, 15) is 0 Å².